The highest BCUT2D eigenvalue weighted by atomic mass is 32.2. The van der Waals surface area contributed by atoms with Crippen LogP contribution in [0.25, 0.3) is 0 Å². The molecule has 3 rings (SSSR count). The minimum atomic E-state index is 0.645. The Labute approximate surface area is 123 Å². The van der Waals surface area contributed by atoms with Gasteiger partial charge >= 0.3 is 0 Å². The van der Waals surface area contributed by atoms with Crippen LogP contribution in [0, 0.1) is 11.3 Å². The molecule has 0 spiro atoms. The topological polar surface area (TPSA) is 62.5 Å². The molecule has 96 valence electrons. The van der Waals surface area contributed by atoms with Gasteiger partial charge in [-0.05, 0) is 48.9 Å². The highest BCUT2D eigenvalue weighted by Gasteiger charge is 2.18. The molecule has 0 amide bonds. The molecule has 0 saturated heterocycles. The molecule has 0 radical (unpaired) electrons. The second-order valence-corrected chi connectivity index (χ2v) is 7.32. The Morgan fingerprint density at radius 3 is 2.89 bits per heavy atom. The lowest BCUT2D eigenvalue weighted by atomic mass is 10.2. The Morgan fingerprint density at radius 2 is 2.16 bits per heavy atom. The standard InChI is InChI=1S/C12H10N4S3/c1-17-11-15-16-12(19-11)18-10-8(6-13)5-7-3-2-4-9(7)14-10/h5H,2-4H2,1H3. The summed E-state index contributed by atoms with van der Waals surface area (Å²) in [6, 6.07) is 4.21. The Morgan fingerprint density at radius 1 is 1.32 bits per heavy atom. The zero-order valence-electron chi connectivity index (χ0n) is 10.2. The van der Waals surface area contributed by atoms with E-state index in [1.807, 2.05) is 12.3 Å². The largest absolute Gasteiger partial charge is 0.244 e. The lowest BCUT2D eigenvalue weighted by molar-refractivity contribution is 0.890. The molecule has 0 aromatic carbocycles. The van der Waals surface area contributed by atoms with Gasteiger partial charge in [0.15, 0.2) is 8.68 Å². The van der Waals surface area contributed by atoms with Gasteiger partial charge in [-0.15, -0.1) is 10.2 Å². The fourth-order valence-corrected chi connectivity index (χ4v) is 4.44. The average molecular weight is 306 g/mol. The van der Waals surface area contributed by atoms with Crippen molar-refractivity contribution in [2.24, 2.45) is 0 Å². The Balaban J connectivity index is 1.94. The molecular formula is C12H10N4S3. The quantitative estimate of drug-likeness (QED) is 0.812. The predicted octanol–water partition coefficient (Wildman–Crippen LogP) is 3.17. The summed E-state index contributed by atoms with van der Waals surface area (Å²) in [4.78, 5) is 4.63. The van der Waals surface area contributed by atoms with Crippen molar-refractivity contribution >= 4 is 34.9 Å². The van der Waals surface area contributed by atoms with E-state index >= 15 is 0 Å². The zero-order chi connectivity index (χ0) is 13.2. The molecule has 0 fully saturated rings. The van der Waals surface area contributed by atoms with Gasteiger partial charge in [-0.25, -0.2) is 4.98 Å². The summed E-state index contributed by atoms with van der Waals surface area (Å²) in [5.74, 6) is 0. The van der Waals surface area contributed by atoms with Crippen molar-refractivity contribution in [2.45, 2.75) is 33.0 Å². The molecule has 0 saturated carbocycles. The van der Waals surface area contributed by atoms with Gasteiger partial charge in [0.25, 0.3) is 0 Å². The highest BCUT2D eigenvalue weighted by Crippen LogP contribution is 2.35. The van der Waals surface area contributed by atoms with Crippen LogP contribution in [-0.4, -0.2) is 21.4 Å². The van der Waals surface area contributed by atoms with E-state index in [0.29, 0.717) is 5.56 Å². The lowest BCUT2D eigenvalue weighted by Gasteiger charge is -2.04. The minimum Gasteiger partial charge on any atom is -0.244 e. The SMILES string of the molecule is CSc1nnc(Sc2nc3c(cc2C#N)CCC3)s1. The van der Waals surface area contributed by atoms with Gasteiger partial charge < -0.3 is 0 Å². The van der Waals surface area contributed by atoms with Crippen LogP contribution >= 0.6 is 34.9 Å². The van der Waals surface area contributed by atoms with Crippen LogP contribution in [0.2, 0.25) is 0 Å². The monoisotopic (exact) mass is 306 g/mol. The van der Waals surface area contributed by atoms with Crippen LogP contribution in [0.4, 0.5) is 0 Å². The van der Waals surface area contributed by atoms with Crippen molar-refractivity contribution in [2.75, 3.05) is 6.26 Å². The molecule has 4 nitrogen and oxygen atoms in total. The maximum absolute atomic E-state index is 9.24. The summed E-state index contributed by atoms with van der Waals surface area (Å²) in [5.41, 5.74) is 3.01. The first-order chi connectivity index (χ1) is 9.30. The first kappa shape index (κ1) is 12.9. The minimum absolute atomic E-state index is 0.645. The smallest absolute Gasteiger partial charge is 0.181 e. The van der Waals surface area contributed by atoms with E-state index in [4.69, 9.17) is 0 Å². The molecule has 2 aromatic heterocycles. The highest BCUT2D eigenvalue weighted by molar-refractivity contribution is 8.03. The van der Waals surface area contributed by atoms with Gasteiger partial charge in [0.1, 0.15) is 11.1 Å². The molecule has 1 aliphatic carbocycles. The third-order valence-electron chi connectivity index (χ3n) is 2.88. The molecule has 0 unspecified atom stereocenters. The van der Waals surface area contributed by atoms with E-state index in [9.17, 15) is 5.26 Å². The van der Waals surface area contributed by atoms with Gasteiger partial charge in [-0.1, -0.05) is 23.1 Å². The van der Waals surface area contributed by atoms with Crippen LogP contribution in [0.3, 0.4) is 0 Å². The number of rotatable bonds is 3. The number of hydrogen-bond donors (Lipinski definition) is 0. The lowest BCUT2D eigenvalue weighted by Crippen LogP contribution is -1.94. The first-order valence-corrected chi connectivity index (χ1v) is 8.64. The van der Waals surface area contributed by atoms with Crippen molar-refractivity contribution in [1.82, 2.24) is 15.2 Å². The molecule has 2 aromatic rings. The van der Waals surface area contributed by atoms with Crippen LogP contribution in [0.15, 0.2) is 19.8 Å². The molecule has 1 aliphatic rings. The molecule has 0 N–H and O–H groups in total. The molecular weight excluding hydrogens is 296 g/mol. The second-order valence-electron chi connectivity index (χ2n) is 4.05. The van der Waals surface area contributed by atoms with Crippen molar-refractivity contribution in [1.29, 1.82) is 5.26 Å². The summed E-state index contributed by atoms with van der Waals surface area (Å²) < 4.78 is 1.77. The Kier molecular flexibility index (Phi) is 3.73. The van der Waals surface area contributed by atoms with Crippen molar-refractivity contribution in [3.63, 3.8) is 0 Å². The summed E-state index contributed by atoms with van der Waals surface area (Å²) in [6.07, 6.45) is 5.16. The van der Waals surface area contributed by atoms with E-state index < -0.39 is 0 Å². The molecule has 2 heterocycles. The third kappa shape index (κ3) is 2.61. The Hall–Kier alpha value is -1.10. The molecule has 0 aliphatic heterocycles. The summed E-state index contributed by atoms with van der Waals surface area (Å²) in [6.45, 7) is 0. The predicted molar refractivity (Wildman–Crippen MR) is 76.8 cm³/mol. The average Bonchev–Trinajstić information content (AvgIpc) is 3.06. The van der Waals surface area contributed by atoms with Gasteiger partial charge in [-0.2, -0.15) is 5.26 Å². The number of thioether (sulfide) groups is 1. The van der Waals surface area contributed by atoms with Crippen LogP contribution in [-0.2, 0) is 12.8 Å². The molecule has 0 bridgehead atoms. The number of hydrogen-bond acceptors (Lipinski definition) is 7. The van der Waals surface area contributed by atoms with E-state index in [2.05, 4.69) is 21.3 Å². The Bertz CT molecular complexity index is 659. The van der Waals surface area contributed by atoms with Crippen molar-refractivity contribution in [3.8, 4) is 6.07 Å². The number of aryl methyl sites for hydroxylation is 2. The number of fused-ring (bicyclic) bond motifs is 1. The van der Waals surface area contributed by atoms with Crippen molar-refractivity contribution in [3.05, 3.63) is 22.9 Å². The van der Waals surface area contributed by atoms with Crippen LogP contribution in [0.1, 0.15) is 23.2 Å². The maximum Gasteiger partial charge on any atom is 0.181 e. The van der Waals surface area contributed by atoms with Gasteiger partial charge in [-0.3, -0.25) is 0 Å². The van der Waals surface area contributed by atoms with Crippen LogP contribution < -0.4 is 0 Å². The summed E-state index contributed by atoms with van der Waals surface area (Å²) >= 11 is 4.55. The summed E-state index contributed by atoms with van der Waals surface area (Å²) in [7, 11) is 0. The van der Waals surface area contributed by atoms with Gasteiger partial charge in [0.05, 0.1) is 5.56 Å². The van der Waals surface area contributed by atoms with Crippen molar-refractivity contribution < 1.29 is 0 Å². The van der Waals surface area contributed by atoms with Gasteiger partial charge in [0.2, 0.25) is 0 Å². The fraction of sp³-hybridized carbons (Fsp3) is 0.333. The summed E-state index contributed by atoms with van der Waals surface area (Å²) in [5, 5.41) is 18.2. The zero-order valence-corrected chi connectivity index (χ0v) is 12.7. The number of pyridine rings is 1. The van der Waals surface area contributed by atoms with Crippen LogP contribution in [0.5, 0.6) is 0 Å². The third-order valence-corrected chi connectivity index (χ3v) is 5.84. The maximum atomic E-state index is 9.24. The fourth-order valence-electron chi connectivity index (χ4n) is 2.01. The van der Waals surface area contributed by atoms with E-state index in [1.54, 1.807) is 11.8 Å². The molecule has 7 heteroatoms. The van der Waals surface area contributed by atoms with E-state index in [-0.39, 0.29) is 0 Å². The second kappa shape index (κ2) is 5.49. The first-order valence-electron chi connectivity index (χ1n) is 5.78. The number of nitrogens with zero attached hydrogens (tertiary/aromatic N) is 4. The molecule has 19 heavy (non-hydrogen) atoms. The van der Waals surface area contributed by atoms with Gasteiger partial charge in [0, 0.05) is 5.69 Å². The number of aromatic nitrogens is 3. The normalized spacial score (nSPS) is 13.3. The number of nitriles is 1. The van der Waals surface area contributed by atoms with E-state index in [1.165, 1.54) is 28.7 Å². The molecule has 0 atom stereocenters. The van der Waals surface area contributed by atoms with E-state index in [0.717, 1.165) is 38.7 Å².